The molecule has 4 rings (SSSR count). The quantitative estimate of drug-likeness (QED) is 0.777. The summed E-state index contributed by atoms with van der Waals surface area (Å²) in [6, 6.07) is 13.9. The van der Waals surface area contributed by atoms with E-state index in [1.54, 1.807) is 7.05 Å². The number of carbonyl (C=O) groups excluding carboxylic acids is 1. The Morgan fingerprint density at radius 2 is 2.08 bits per heavy atom. The number of fused-ring (bicyclic) bond motifs is 1. The van der Waals surface area contributed by atoms with Crippen molar-refractivity contribution in [3.63, 3.8) is 0 Å². The first-order valence-electron chi connectivity index (χ1n) is 8.21. The van der Waals surface area contributed by atoms with Crippen LogP contribution >= 0.6 is 0 Å². The van der Waals surface area contributed by atoms with Gasteiger partial charge in [0.1, 0.15) is 5.52 Å². The molecule has 5 heteroatoms. The van der Waals surface area contributed by atoms with Crippen molar-refractivity contribution in [2.75, 3.05) is 13.6 Å². The molecule has 5 nitrogen and oxygen atoms in total. The molecule has 1 aliphatic rings. The smallest absolute Gasteiger partial charge is 0.253 e. The SMILES string of the molecule is CNC(=O)c1cc(-c2ccccc2)cc2oc([C@@H]3CCCN3)nc12. The molecule has 1 saturated heterocycles. The Bertz CT molecular complexity index is 880. The molecular weight excluding hydrogens is 302 g/mol. The molecule has 0 radical (unpaired) electrons. The normalized spacial score (nSPS) is 17.3. The molecule has 122 valence electrons. The first-order valence-corrected chi connectivity index (χ1v) is 8.21. The molecular formula is C19H19N3O2. The number of hydrogen-bond acceptors (Lipinski definition) is 4. The van der Waals surface area contributed by atoms with Gasteiger partial charge in [-0.25, -0.2) is 4.98 Å². The highest BCUT2D eigenvalue weighted by molar-refractivity contribution is 6.06. The minimum Gasteiger partial charge on any atom is -0.439 e. The maximum atomic E-state index is 12.3. The summed E-state index contributed by atoms with van der Waals surface area (Å²) in [7, 11) is 1.63. The Hall–Kier alpha value is -2.66. The van der Waals surface area contributed by atoms with E-state index in [1.807, 2.05) is 42.5 Å². The summed E-state index contributed by atoms with van der Waals surface area (Å²) in [5.41, 5.74) is 3.81. The van der Waals surface area contributed by atoms with Crippen molar-refractivity contribution in [3.8, 4) is 11.1 Å². The van der Waals surface area contributed by atoms with Gasteiger partial charge in [0, 0.05) is 7.05 Å². The van der Waals surface area contributed by atoms with Gasteiger partial charge in [-0.2, -0.15) is 0 Å². The van der Waals surface area contributed by atoms with E-state index in [0.717, 1.165) is 30.5 Å². The second-order valence-corrected chi connectivity index (χ2v) is 6.02. The maximum Gasteiger partial charge on any atom is 0.253 e. The predicted molar refractivity (Wildman–Crippen MR) is 92.8 cm³/mol. The summed E-state index contributed by atoms with van der Waals surface area (Å²) in [6.07, 6.45) is 2.12. The third-order valence-electron chi connectivity index (χ3n) is 4.45. The number of nitrogens with zero attached hydrogens (tertiary/aromatic N) is 1. The molecule has 1 atom stereocenters. The van der Waals surface area contributed by atoms with E-state index in [2.05, 4.69) is 15.6 Å². The van der Waals surface area contributed by atoms with Crippen molar-refractivity contribution in [2.45, 2.75) is 18.9 Å². The van der Waals surface area contributed by atoms with Crippen LogP contribution in [0.15, 0.2) is 46.9 Å². The van der Waals surface area contributed by atoms with Gasteiger partial charge in [0.05, 0.1) is 11.6 Å². The Morgan fingerprint density at radius 1 is 1.25 bits per heavy atom. The molecule has 2 heterocycles. The van der Waals surface area contributed by atoms with Gasteiger partial charge in [-0.1, -0.05) is 30.3 Å². The lowest BCUT2D eigenvalue weighted by atomic mass is 10.0. The van der Waals surface area contributed by atoms with Crippen molar-refractivity contribution in [3.05, 3.63) is 53.9 Å². The lowest BCUT2D eigenvalue weighted by molar-refractivity contribution is 0.0964. The number of amides is 1. The van der Waals surface area contributed by atoms with E-state index in [4.69, 9.17) is 4.42 Å². The Balaban J connectivity index is 1.89. The van der Waals surface area contributed by atoms with Gasteiger partial charge in [0.2, 0.25) is 5.89 Å². The Labute approximate surface area is 140 Å². The van der Waals surface area contributed by atoms with Crippen molar-refractivity contribution in [2.24, 2.45) is 0 Å². The van der Waals surface area contributed by atoms with Crippen LogP contribution < -0.4 is 10.6 Å². The topological polar surface area (TPSA) is 67.2 Å². The molecule has 1 amide bonds. The number of nitrogens with one attached hydrogen (secondary N) is 2. The minimum absolute atomic E-state index is 0.134. The van der Waals surface area contributed by atoms with Crippen LogP contribution in [0, 0.1) is 0 Å². The zero-order chi connectivity index (χ0) is 16.5. The molecule has 0 aliphatic carbocycles. The second-order valence-electron chi connectivity index (χ2n) is 6.02. The van der Waals surface area contributed by atoms with Crippen molar-refractivity contribution in [1.82, 2.24) is 15.6 Å². The molecule has 0 bridgehead atoms. The van der Waals surface area contributed by atoms with Gasteiger partial charge in [0.15, 0.2) is 5.58 Å². The summed E-state index contributed by atoms with van der Waals surface area (Å²) < 4.78 is 6.00. The fourth-order valence-corrected chi connectivity index (χ4v) is 3.20. The van der Waals surface area contributed by atoms with Gasteiger partial charge >= 0.3 is 0 Å². The average molecular weight is 321 g/mol. The molecule has 1 aliphatic heterocycles. The molecule has 2 N–H and O–H groups in total. The molecule has 1 aromatic heterocycles. The monoisotopic (exact) mass is 321 g/mol. The summed E-state index contributed by atoms with van der Waals surface area (Å²) in [4.78, 5) is 16.9. The van der Waals surface area contributed by atoms with Crippen molar-refractivity contribution >= 4 is 17.0 Å². The van der Waals surface area contributed by atoms with Crippen molar-refractivity contribution in [1.29, 1.82) is 0 Å². The number of rotatable bonds is 3. The standard InChI is InChI=1S/C19H19N3O2/c1-20-18(23)14-10-13(12-6-3-2-4-7-12)11-16-17(14)22-19(24-16)15-8-5-9-21-15/h2-4,6-7,10-11,15,21H,5,8-9H2,1H3,(H,20,23)/t15-/m0/s1. The van der Waals surface area contributed by atoms with Crippen LogP contribution in [0.2, 0.25) is 0 Å². The van der Waals surface area contributed by atoms with E-state index in [0.29, 0.717) is 22.6 Å². The van der Waals surface area contributed by atoms with Crippen LogP contribution in [-0.4, -0.2) is 24.5 Å². The van der Waals surface area contributed by atoms with Crippen LogP contribution in [0.1, 0.15) is 35.1 Å². The summed E-state index contributed by atoms with van der Waals surface area (Å²) in [5, 5.41) is 6.08. The second kappa shape index (κ2) is 6.09. The molecule has 0 spiro atoms. The van der Waals surface area contributed by atoms with Crippen LogP contribution in [0.4, 0.5) is 0 Å². The molecule has 1 fully saturated rings. The zero-order valence-electron chi connectivity index (χ0n) is 13.5. The molecule has 24 heavy (non-hydrogen) atoms. The fourth-order valence-electron chi connectivity index (χ4n) is 3.20. The van der Waals surface area contributed by atoms with Gasteiger partial charge in [-0.15, -0.1) is 0 Å². The first kappa shape index (κ1) is 14.9. The van der Waals surface area contributed by atoms with E-state index in [1.165, 1.54) is 0 Å². The molecule has 3 aromatic rings. The largest absolute Gasteiger partial charge is 0.439 e. The average Bonchev–Trinajstić information content (AvgIpc) is 3.29. The summed E-state index contributed by atoms with van der Waals surface area (Å²) in [5.74, 6) is 0.509. The first-order chi connectivity index (χ1) is 11.8. The van der Waals surface area contributed by atoms with Crippen LogP contribution in [0.3, 0.4) is 0 Å². The molecule has 0 saturated carbocycles. The van der Waals surface area contributed by atoms with Gasteiger partial charge < -0.3 is 15.1 Å². The number of hydrogen-bond donors (Lipinski definition) is 2. The number of aromatic nitrogens is 1. The molecule has 2 aromatic carbocycles. The van der Waals surface area contributed by atoms with Crippen molar-refractivity contribution < 1.29 is 9.21 Å². The van der Waals surface area contributed by atoms with Crippen LogP contribution in [0.25, 0.3) is 22.2 Å². The Morgan fingerprint density at radius 3 is 2.79 bits per heavy atom. The highest BCUT2D eigenvalue weighted by Crippen LogP contribution is 2.31. The van der Waals surface area contributed by atoms with Gasteiger partial charge in [0.25, 0.3) is 5.91 Å². The number of benzene rings is 2. The number of carbonyl (C=O) groups is 1. The minimum atomic E-state index is -0.156. The highest BCUT2D eigenvalue weighted by Gasteiger charge is 2.24. The maximum absolute atomic E-state index is 12.3. The highest BCUT2D eigenvalue weighted by atomic mass is 16.3. The predicted octanol–water partition coefficient (Wildman–Crippen LogP) is 3.28. The third-order valence-corrected chi connectivity index (χ3v) is 4.45. The Kier molecular flexibility index (Phi) is 3.78. The molecule has 0 unspecified atom stereocenters. The van der Waals surface area contributed by atoms with E-state index in [9.17, 15) is 4.79 Å². The van der Waals surface area contributed by atoms with E-state index < -0.39 is 0 Å². The van der Waals surface area contributed by atoms with Crippen LogP contribution in [-0.2, 0) is 0 Å². The van der Waals surface area contributed by atoms with Gasteiger partial charge in [-0.3, -0.25) is 4.79 Å². The van der Waals surface area contributed by atoms with Crippen LogP contribution in [0.5, 0.6) is 0 Å². The van der Waals surface area contributed by atoms with Gasteiger partial charge in [-0.05, 0) is 42.6 Å². The lowest BCUT2D eigenvalue weighted by Gasteiger charge is -2.05. The zero-order valence-corrected chi connectivity index (χ0v) is 13.5. The summed E-state index contributed by atoms with van der Waals surface area (Å²) >= 11 is 0. The third kappa shape index (κ3) is 2.57. The lowest BCUT2D eigenvalue weighted by Crippen LogP contribution is -2.18. The van der Waals surface area contributed by atoms with E-state index >= 15 is 0 Å². The fraction of sp³-hybridized carbons (Fsp3) is 0.263. The summed E-state index contributed by atoms with van der Waals surface area (Å²) in [6.45, 7) is 0.973. The van der Waals surface area contributed by atoms with E-state index in [-0.39, 0.29) is 11.9 Å². The number of oxazole rings is 1.